The Kier molecular flexibility index (Phi) is 6.27. The molecule has 2 rings (SSSR count). The molecule has 2 heterocycles. The molecule has 2 N–H and O–H groups in total. The van der Waals surface area contributed by atoms with Gasteiger partial charge in [0.05, 0.1) is 6.04 Å². The molecule has 0 aromatic rings. The highest BCUT2D eigenvalue weighted by Gasteiger charge is 2.37. The number of hydrogen-bond donors (Lipinski definition) is 2. The molecule has 1 spiro atoms. The van der Waals surface area contributed by atoms with Crippen molar-refractivity contribution in [1.82, 2.24) is 15.1 Å². The van der Waals surface area contributed by atoms with Crippen LogP contribution >= 0.6 is 0 Å². The zero-order valence-electron chi connectivity index (χ0n) is 15.0. The van der Waals surface area contributed by atoms with E-state index in [1.807, 2.05) is 0 Å². The molecule has 2 aliphatic heterocycles. The number of nitrogens with zero attached hydrogens (tertiary/aromatic N) is 2. The summed E-state index contributed by atoms with van der Waals surface area (Å²) in [6.45, 7) is 9.88. The number of rotatable bonds is 6. The van der Waals surface area contributed by atoms with E-state index in [0.29, 0.717) is 11.8 Å². The van der Waals surface area contributed by atoms with E-state index in [2.05, 4.69) is 28.7 Å². The van der Waals surface area contributed by atoms with Crippen molar-refractivity contribution < 1.29 is 14.7 Å². The Balaban J connectivity index is 1.91. The number of piperidine rings is 2. The SMILES string of the molecule is C=C(C(CCC(=O)O)NC(C)=O)N1CCC2(CCN(C)CC2)CC1. The Morgan fingerprint density at radius 3 is 2.21 bits per heavy atom. The maximum Gasteiger partial charge on any atom is 0.303 e. The summed E-state index contributed by atoms with van der Waals surface area (Å²) in [7, 11) is 2.18. The zero-order chi connectivity index (χ0) is 17.7. The number of aliphatic carboxylic acids is 1. The highest BCUT2D eigenvalue weighted by Crippen LogP contribution is 2.41. The van der Waals surface area contributed by atoms with Gasteiger partial charge < -0.3 is 20.2 Å². The first-order valence-electron chi connectivity index (χ1n) is 8.92. The van der Waals surface area contributed by atoms with Gasteiger partial charge in [0.2, 0.25) is 5.91 Å². The average molecular weight is 337 g/mol. The Labute approximate surface area is 144 Å². The molecule has 0 aliphatic carbocycles. The second kappa shape index (κ2) is 8.01. The van der Waals surface area contributed by atoms with Crippen molar-refractivity contribution in [1.29, 1.82) is 0 Å². The molecule has 2 saturated heterocycles. The van der Waals surface area contributed by atoms with Crippen LogP contribution in [0.15, 0.2) is 12.3 Å². The van der Waals surface area contributed by atoms with Crippen LogP contribution in [0.1, 0.15) is 45.4 Å². The zero-order valence-corrected chi connectivity index (χ0v) is 15.0. The van der Waals surface area contributed by atoms with Gasteiger partial charge in [0.1, 0.15) is 0 Å². The summed E-state index contributed by atoms with van der Waals surface area (Å²) in [5, 5.41) is 11.8. The van der Waals surface area contributed by atoms with Gasteiger partial charge in [-0.1, -0.05) is 6.58 Å². The fourth-order valence-corrected chi connectivity index (χ4v) is 3.92. The number of carbonyl (C=O) groups excluding carboxylic acids is 1. The molecule has 136 valence electrons. The van der Waals surface area contributed by atoms with Crippen LogP contribution in [-0.4, -0.2) is 66.1 Å². The third kappa shape index (κ3) is 4.97. The second-order valence-electron chi connectivity index (χ2n) is 7.47. The van der Waals surface area contributed by atoms with Gasteiger partial charge in [-0.25, -0.2) is 0 Å². The smallest absolute Gasteiger partial charge is 0.303 e. The average Bonchev–Trinajstić information content (AvgIpc) is 2.54. The van der Waals surface area contributed by atoms with Gasteiger partial charge in [-0.3, -0.25) is 9.59 Å². The van der Waals surface area contributed by atoms with Crippen LogP contribution in [0.5, 0.6) is 0 Å². The molecule has 0 bridgehead atoms. The predicted octanol–water partition coefficient (Wildman–Crippen LogP) is 1.68. The van der Waals surface area contributed by atoms with Crippen molar-refractivity contribution in [3.63, 3.8) is 0 Å². The van der Waals surface area contributed by atoms with Crippen molar-refractivity contribution in [3.8, 4) is 0 Å². The predicted molar refractivity (Wildman–Crippen MR) is 93.6 cm³/mol. The minimum absolute atomic E-state index is 0.0358. The number of carboxylic acids is 1. The molecule has 0 saturated carbocycles. The van der Waals surface area contributed by atoms with Crippen molar-refractivity contribution >= 4 is 11.9 Å². The van der Waals surface area contributed by atoms with E-state index in [0.717, 1.165) is 31.6 Å². The minimum atomic E-state index is -0.845. The maximum atomic E-state index is 11.4. The number of likely N-dealkylation sites (tertiary alicyclic amines) is 2. The van der Waals surface area contributed by atoms with Crippen LogP contribution in [0.4, 0.5) is 0 Å². The van der Waals surface area contributed by atoms with E-state index in [-0.39, 0.29) is 18.4 Å². The molecule has 2 aliphatic rings. The van der Waals surface area contributed by atoms with E-state index in [4.69, 9.17) is 5.11 Å². The van der Waals surface area contributed by atoms with E-state index in [9.17, 15) is 9.59 Å². The topological polar surface area (TPSA) is 72.9 Å². The van der Waals surface area contributed by atoms with Crippen LogP contribution in [0.3, 0.4) is 0 Å². The molecule has 6 nitrogen and oxygen atoms in total. The molecule has 0 aromatic heterocycles. The first-order chi connectivity index (χ1) is 11.3. The third-order valence-corrected chi connectivity index (χ3v) is 5.70. The number of carboxylic acid groups (broad SMARTS) is 1. The van der Waals surface area contributed by atoms with Gasteiger partial charge in [0.15, 0.2) is 0 Å². The third-order valence-electron chi connectivity index (χ3n) is 5.70. The Morgan fingerprint density at radius 1 is 1.17 bits per heavy atom. The number of nitrogens with one attached hydrogen (secondary N) is 1. The van der Waals surface area contributed by atoms with Gasteiger partial charge in [0.25, 0.3) is 0 Å². The van der Waals surface area contributed by atoms with Gasteiger partial charge in [-0.05, 0) is 57.7 Å². The molecule has 0 radical (unpaired) electrons. The number of hydrogen-bond acceptors (Lipinski definition) is 4. The van der Waals surface area contributed by atoms with Gasteiger partial charge in [-0.2, -0.15) is 0 Å². The van der Waals surface area contributed by atoms with Crippen LogP contribution in [-0.2, 0) is 9.59 Å². The minimum Gasteiger partial charge on any atom is -0.481 e. The Bertz CT molecular complexity index is 474. The van der Waals surface area contributed by atoms with Gasteiger partial charge >= 0.3 is 5.97 Å². The van der Waals surface area contributed by atoms with Crippen molar-refractivity contribution in [2.24, 2.45) is 5.41 Å². The molecule has 1 atom stereocenters. The highest BCUT2D eigenvalue weighted by molar-refractivity contribution is 5.74. The van der Waals surface area contributed by atoms with E-state index < -0.39 is 5.97 Å². The van der Waals surface area contributed by atoms with Gasteiger partial charge in [0, 0.05) is 32.1 Å². The largest absolute Gasteiger partial charge is 0.481 e. The lowest BCUT2D eigenvalue weighted by Gasteiger charge is -2.48. The van der Waals surface area contributed by atoms with Crippen molar-refractivity contribution in [2.75, 3.05) is 33.2 Å². The Morgan fingerprint density at radius 2 is 1.71 bits per heavy atom. The van der Waals surface area contributed by atoms with Crippen molar-refractivity contribution in [3.05, 3.63) is 12.3 Å². The summed E-state index contributed by atoms with van der Waals surface area (Å²) in [4.78, 5) is 26.9. The normalized spacial score (nSPS) is 22.2. The fraction of sp³-hybridized carbons (Fsp3) is 0.778. The molecular formula is C18H31N3O3. The van der Waals surface area contributed by atoms with Crippen LogP contribution < -0.4 is 5.32 Å². The van der Waals surface area contributed by atoms with Crippen molar-refractivity contribution in [2.45, 2.75) is 51.5 Å². The molecule has 24 heavy (non-hydrogen) atoms. The number of carbonyl (C=O) groups is 2. The molecule has 0 aromatic carbocycles. The summed E-state index contributed by atoms with van der Waals surface area (Å²) in [5.41, 5.74) is 1.32. The molecule has 1 amide bonds. The summed E-state index contributed by atoms with van der Waals surface area (Å²) < 4.78 is 0. The molecule has 6 heteroatoms. The van der Waals surface area contributed by atoms with Crippen LogP contribution in [0.25, 0.3) is 0 Å². The lowest BCUT2D eigenvalue weighted by Crippen LogP contribution is -2.48. The monoisotopic (exact) mass is 337 g/mol. The van der Waals surface area contributed by atoms with E-state index in [1.165, 1.54) is 32.9 Å². The number of amides is 1. The first-order valence-corrected chi connectivity index (χ1v) is 8.92. The molecule has 2 fully saturated rings. The van der Waals surface area contributed by atoms with Gasteiger partial charge in [-0.15, -0.1) is 0 Å². The lowest BCUT2D eigenvalue weighted by atomic mass is 9.71. The molecular weight excluding hydrogens is 306 g/mol. The second-order valence-corrected chi connectivity index (χ2v) is 7.47. The summed E-state index contributed by atoms with van der Waals surface area (Å²) in [6, 6.07) is -0.287. The maximum absolute atomic E-state index is 11.4. The standard InChI is InChI=1S/C18H31N3O3/c1-14(16(19-15(2)22)4-5-17(23)24)21-12-8-18(9-13-21)6-10-20(3)11-7-18/h16H,1,4-13H2,2-3H3,(H,19,22)(H,23,24). The summed E-state index contributed by atoms with van der Waals surface area (Å²) in [5.74, 6) is -0.989. The first kappa shape index (κ1) is 18.8. The fourth-order valence-electron chi connectivity index (χ4n) is 3.92. The summed E-state index contributed by atoms with van der Waals surface area (Å²) >= 11 is 0. The lowest BCUT2D eigenvalue weighted by molar-refractivity contribution is -0.137. The van der Waals surface area contributed by atoms with Crippen LogP contribution in [0.2, 0.25) is 0 Å². The van der Waals surface area contributed by atoms with E-state index >= 15 is 0 Å². The van der Waals surface area contributed by atoms with E-state index in [1.54, 1.807) is 0 Å². The quantitative estimate of drug-likeness (QED) is 0.771. The molecule has 1 unspecified atom stereocenters. The Hall–Kier alpha value is -1.56. The highest BCUT2D eigenvalue weighted by atomic mass is 16.4. The van der Waals surface area contributed by atoms with Crippen LogP contribution in [0, 0.1) is 5.41 Å². The summed E-state index contributed by atoms with van der Waals surface area (Å²) in [6.07, 6.45) is 5.27.